The molecule has 8 heteroatoms. The number of pyridine rings is 2. The van der Waals surface area contributed by atoms with E-state index < -0.39 is 23.2 Å². The van der Waals surface area contributed by atoms with Gasteiger partial charge in [0, 0.05) is 30.9 Å². The van der Waals surface area contributed by atoms with Crippen molar-refractivity contribution in [2.75, 3.05) is 23.3 Å². The lowest BCUT2D eigenvalue weighted by atomic mass is 9.96. The van der Waals surface area contributed by atoms with Crippen molar-refractivity contribution in [2.24, 2.45) is 11.7 Å². The number of amides is 1. The molecule has 0 saturated carbocycles. The van der Waals surface area contributed by atoms with Crippen molar-refractivity contribution in [3.63, 3.8) is 0 Å². The second-order valence-electron chi connectivity index (χ2n) is 7.86. The molecule has 0 radical (unpaired) electrons. The molecule has 4 rings (SSSR count). The highest BCUT2D eigenvalue weighted by Crippen LogP contribution is 2.29. The quantitative estimate of drug-likeness (QED) is 0.666. The van der Waals surface area contributed by atoms with Crippen LogP contribution in [-0.2, 0) is 0 Å². The van der Waals surface area contributed by atoms with Crippen LogP contribution in [0, 0.1) is 17.6 Å². The maximum atomic E-state index is 14.4. The number of halogens is 2. The minimum absolute atomic E-state index is 0.0250. The Morgan fingerprint density at radius 1 is 1.13 bits per heavy atom. The van der Waals surface area contributed by atoms with Gasteiger partial charge < -0.3 is 16.0 Å². The first-order valence-electron chi connectivity index (χ1n) is 10.1. The molecule has 3 heterocycles. The summed E-state index contributed by atoms with van der Waals surface area (Å²) in [7, 11) is 0. The van der Waals surface area contributed by atoms with E-state index in [4.69, 9.17) is 5.73 Å². The molecule has 0 aliphatic carbocycles. The average molecular weight is 423 g/mol. The zero-order valence-electron chi connectivity index (χ0n) is 17.1. The molecule has 31 heavy (non-hydrogen) atoms. The molecule has 0 bridgehead atoms. The van der Waals surface area contributed by atoms with E-state index in [0.717, 1.165) is 24.7 Å². The highest BCUT2D eigenvalue weighted by Gasteiger charge is 2.25. The van der Waals surface area contributed by atoms with Crippen molar-refractivity contribution in [1.82, 2.24) is 9.97 Å². The number of nitrogens with one attached hydrogen (secondary N) is 1. The van der Waals surface area contributed by atoms with Gasteiger partial charge in [0.15, 0.2) is 11.5 Å². The van der Waals surface area contributed by atoms with Crippen LogP contribution < -0.4 is 16.0 Å². The van der Waals surface area contributed by atoms with Crippen molar-refractivity contribution in [2.45, 2.75) is 19.4 Å². The number of benzene rings is 1. The molecule has 1 aliphatic heterocycles. The molecule has 1 amide bonds. The first-order valence-corrected chi connectivity index (χ1v) is 10.1. The van der Waals surface area contributed by atoms with Gasteiger partial charge in [-0.3, -0.25) is 9.78 Å². The molecule has 2 aromatic heterocycles. The molecular formula is C23H23F2N5O. The normalized spacial score (nSPS) is 18.6. The van der Waals surface area contributed by atoms with Crippen molar-refractivity contribution in [1.29, 1.82) is 0 Å². The third-order valence-corrected chi connectivity index (χ3v) is 5.29. The number of carbonyl (C=O) groups excluding carboxylic acids is 1. The lowest BCUT2D eigenvalue weighted by molar-refractivity contribution is 0.101. The maximum absolute atomic E-state index is 14.4. The lowest BCUT2D eigenvalue weighted by Crippen LogP contribution is -2.46. The molecule has 1 saturated heterocycles. The predicted octanol–water partition coefficient (Wildman–Crippen LogP) is 3.85. The van der Waals surface area contributed by atoms with E-state index in [1.807, 2.05) is 0 Å². The highest BCUT2D eigenvalue weighted by molar-refractivity contribution is 6.05. The van der Waals surface area contributed by atoms with Gasteiger partial charge in [-0.15, -0.1) is 0 Å². The number of piperidine rings is 1. The van der Waals surface area contributed by atoms with Crippen molar-refractivity contribution in [3.8, 4) is 11.3 Å². The molecule has 160 valence electrons. The number of rotatable bonds is 4. The smallest absolute Gasteiger partial charge is 0.277 e. The summed E-state index contributed by atoms with van der Waals surface area (Å²) >= 11 is 0. The molecule has 3 aromatic rings. The number of hydrogen-bond acceptors (Lipinski definition) is 5. The van der Waals surface area contributed by atoms with Gasteiger partial charge in [-0.25, -0.2) is 13.8 Å². The predicted molar refractivity (Wildman–Crippen MR) is 116 cm³/mol. The number of carbonyl (C=O) groups is 1. The van der Waals surface area contributed by atoms with Crippen LogP contribution >= 0.6 is 0 Å². The van der Waals surface area contributed by atoms with Crippen molar-refractivity contribution in [3.05, 3.63) is 72.2 Å². The van der Waals surface area contributed by atoms with Gasteiger partial charge in [-0.1, -0.05) is 19.1 Å². The SMILES string of the molecule is CC1CC(N)CN(c2ccncc2NC(=O)c2nc(-c3ccccc3F)ccc2F)C1. The van der Waals surface area contributed by atoms with E-state index in [0.29, 0.717) is 18.2 Å². The van der Waals surface area contributed by atoms with Crippen LogP contribution in [0.1, 0.15) is 23.8 Å². The van der Waals surface area contributed by atoms with Crippen LogP contribution in [0.5, 0.6) is 0 Å². The van der Waals surface area contributed by atoms with Crippen molar-refractivity contribution < 1.29 is 13.6 Å². The van der Waals surface area contributed by atoms with E-state index in [9.17, 15) is 13.6 Å². The van der Waals surface area contributed by atoms with Crippen LogP contribution in [0.2, 0.25) is 0 Å². The van der Waals surface area contributed by atoms with E-state index in [-0.39, 0.29) is 17.3 Å². The molecule has 0 spiro atoms. The van der Waals surface area contributed by atoms with E-state index in [1.54, 1.807) is 24.4 Å². The zero-order chi connectivity index (χ0) is 22.0. The van der Waals surface area contributed by atoms with Crippen LogP contribution in [0.15, 0.2) is 54.9 Å². The fraction of sp³-hybridized carbons (Fsp3) is 0.261. The molecule has 1 fully saturated rings. The first-order chi connectivity index (χ1) is 14.9. The van der Waals surface area contributed by atoms with Gasteiger partial charge in [0.25, 0.3) is 5.91 Å². The second kappa shape index (κ2) is 8.77. The summed E-state index contributed by atoms with van der Waals surface area (Å²) in [4.78, 5) is 23.2. The van der Waals surface area contributed by atoms with E-state index in [1.165, 1.54) is 24.4 Å². The van der Waals surface area contributed by atoms with Gasteiger partial charge in [0.1, 0.15) is 5.82 Å². The zero-order valence-corrected chi connectivity index (χ0v) is 17.1. The summed E-state index contributed by atoms with van der Waals surface area (Å²) in [6.07, 6.45) is 4.07. The molecule has 2 atom stereocenters. The van der Waals surface area contributed by atoms with Gasteiger partial charge in [-0.2, -0.15) is 0 Å². The van der Waals surface area contributed by atoms with E-state index in [2.05, 4.69) is 27.1 Å². The number of anilines is 2. The fourth-order valence-electron chi connectivity index (χ4n) is 3.96. The standard InChI is InChI=1S/C23H23F2N5O/c1-14-10-15(26)13-30(12-14)21-8-9-27-11-20(21)29-23(31)22-18(25)6-7-19(28-22)16-4-2-3-5-17(16)24/h2-9,11,14-15H,10,12-13,26H2,1H3,(H,29,31). The second-order valence-corrected chi connectivity index (χ2v) is 7.86. The third kappa shape index (κ3) is 4.54. The molecular weight excluding hydrogens is 400 g/mol. The van der Waals surface area contributed by atoms with Gasteiger partial charge >= 0.3 is 0 Å². The summed E-state index contributed by atoms with van der Waals surface area (Å²) in [5.41, 5.74) is 7.31. The highest BCUT2D eigenvalue weighted by atomic mass is 19.1. The fourth-order valence-corrected chi connectivity index (χ4v) is 3.96. The Morgan fingerprint density at radius 2 is 1.94 bits per heavy atom. The Balaban J connectivity index is 1.63. The summed E-state index contributed by atoms with van der Waals surface area (Å²) in [5, 5.41) is 2.71. The minimum atomic E-state index is -0.795. The monoisotopic (exact) mass is 423 g/mol. The first kappa shape index (κ1) is 20.9. The summed E-state index contributed by atoms with van der Waals surface area (Å²) in [6.45, 7) is 3.56. The molecule has 1 aliphatic rings. The van der Waals surface area contributed by atoms with E-state index >= 15 is 0 Å². The third-order valence-electron chi connectivity index (χ3n) is 5.29. The Morgan fingerprint density at radius 3 is 2.71 bits per heavy atom. The Kier molecular flexibility index (Phi) is 5.90. The van der Waals surface area contributed by atoms with Crippen LogP contribution in [-0.4, -0.2) is 35.0 Å². The largest absolute Gasteiger partial charge is 0.368 e. The number of nitrogens with zero attached hydrogens (tertiary/aromatic N) is 3. The Hall–Kier alpha value is -3.39. The molecule has 3 N–H and O–H groups in total. The Labute approximate surface area is 179 Å². The van der Waals surface area contributed by atoms with Crippen LogP contribution in [0.4, 0.5) is 20.2 Å². The molecule has 6 nitrogen and oxygen atoms in total. The Bertz CT molecular complexity index is 1100. The number of hydrogen-bond donors (Lipinski definition) is 2. The number of nitrogens with two attached hydrogens (primary N) is 1. The average Bonchev–Trinajstić information content (AvgIpc) is 2.74. The van der Waals surface area contributed by atoms with Crippen molar-refractivity contribution >= 4 is 17.3 Å². The lowest BCUT2D eigenvalue weighted by Gasteiger charge is -2.37. The van der Waals surface area contributed by atoms with Gasteiger partial charge in [0.05, 0.1) is 23.3 Å². The van der Waals surface area contributed by atoms with Gasteiger partial charge in [0.2, 0.25) is 0 Å². The molecule has 2 unspecified atom stereocenters. The summed E-state index contributed by atoms with van der Waals surface area (Å²) in [5.74, 6) is -1.63. The molecule has 1 aromatic carbocycles. The summed E-state index contributed by atoms with van der Waals surface area (Å²) < 4.78 is 28.6. The van der Waals surface area contributed by atoms with Crippen LogP contribution in [0.3, 0.4) is 0 Å². The topological polar surface area (TPSA) is 84.1 Å². The van der Waals surface area contributed by atoms with Gasteiger partial charge in [-0.05, 0) is 42.7 Å². The maximum Gasteiger partial charge on any atom is 0.277 e. The van der Waals surface area contributed by atoms with Crippen LogP contribution in [0.25, 0.3) is 11.3 Å². The minimum Gasteiger partial charge on any atom is -0.368 e. The summed E-state index contributed by atoms with van der Waals surface area (Å²) in [6, 6.07) is 10.3. The number of aromatic nitrogens is 2.